The highest BCUT2D eigenvalue weighted by atomic mass is 15.1. The van der Waals surface area contributed by atoms with Crippen molar-refractivity contribution in [2.75, 3.05) is 4.90 Å². The van der Waals surface area contributed by atoms with E-state index in [1.807, 2.05) is 12.2 Å². The number of allylic oxidation sites excluding steroid dienone is 5. The highest BCUT2D eigenvalue weighted by molar-refractivity contribution is 6.04. The van der Waals surface area contributed by atoms with Crippen molar-refractivity contribution >= 4 is 27.8 Å². The number of anilines is 3. The highest BCUT2D eigenvalue weighted by Gasteiger charge is 2.53. The molecule has 1 atom stereocenters. The lowest BCUT2D eigenvalue weighted by atomic mass is 9.67. The van der Waals surface area contributed by atoms with Crippen molar-refractivity contribution < 1.29 is 0 Å². The molecule has 1 heteroatoms. The Morgan fingerprint density at radius 2 is 0.790 bits per heavy atom. The van der Waals surface area contributed by atoms with Gasteiger partial charge in [0.05, 0.1) is 21.9 Å². The standard InChI is InChI=1S/C80H55N/c1-3-4-6-25-53(2)78(68-38-17-11-32-61(68)62-33-12-18-39-69(62)78)58-30-23-31-60(52-58)81(59-48-46-57(47-49-59)79(56-28-7-5-8-29-56)70-40-19-13-34-63(70)64-35-14-20-41-71(64)79)76-45-24-44-74-77(76)66-37-16-22-43-73(66)80(74)72-42-21-15-36-65(72)67-50-54-26-9-10-27-55(54)51-75(67)80/h3-52H,1H2,2H3/b6-4-,53-25+. The van der Waals surface area contributed by atoms with E-state index in [1.54, 1.807) is 0 Å². The molecule has 380 valence electrons. The smallest absolute Gasteiger partial charge is 0.0726 e. The molecule has 0 aromatic heterocycles. The van der Waals surface area contributed by atoms with Crippen molar-refractivity contribution in [3.05, 3.63) is 377 Å². The van der Waals surface area contributed by atoms with Gasteiger partial charge in [0, 0.05) is 16.9 Å². The average molecular weight is 1030 g/mol. The summed E-state index contributed by atoms with van der Waals surface area (Å²) >= 11 is 0. The van der Waals surface area contributed by atoms with Crippen molar-refractivity contribution in [1.29, 1.82) is 0 Å². The maximum absolute atomic E-state index is 4.03. The summed E-state index contributed by atoms with van der Waals surface area (Å²) in [6.07, 6.45) is 8.30. The molecule has 12 aromatic rings. The van der Waals surface area contributed by atoms with Crippen molar-refractivity contribution in [3.8, 4) is 44.5 Å². The molecule has 0 heterocycles. The van der Waals surface area contributed by atoms with Crippen LogP contribution in [0.5, 0.6) is 0 Å². The van der Waals surface area contributed by atoms with Gasteiger partial charge < -0.3 is 4.90 Å². The zero-order chi connectivity index (χ0) is 53.9. The molecule has 0 radical (unpaired) electrons. The first-order chi connectivity index (χ1) is 40.1. The molecule has 81 heavy (non-hydrogen) atoms. The summed E-state index contributed by atoms with van der Waals surface area (Å²) in [5.41, 5.74) is 27.1. The number of benzene rings is 12. The molecule has 0 N–H and O–H groups in total. The first-order valence-corrected chi connectivity index (χ1v) is 28.4. The highest BCUT2D eigenvalue weighted by Crippen LogP contribution is 2.66. The van der Waals surface area contributed by atoms with E-state index < -0.39 is 16.2 Å². The normalized spacial score (nSPS) is 16.0. The SMILES string of the molecule is C=C/C=C\C=C(/C)C1(c2cccc(N(c3ccc(C4(c5ccccc5)c5ccccc5-c5ccccc54)cc3)c3cccc4c3-c3ccccc3C43c4ccccc4-c4cc5ccccc5cc43)c2)c2ccccc2-c2ccccc21. The van der Waals surface area contributed by atoms with Gasteiger partial charge in [0.1, 0.15) is 0 Å². The second kappa shape index (κ2) is 18.0. The molecule has 12 aromatic carbocycles. The summed E-state index contributed by atoms with van der Waals surface area (Å²) in [6, 6.07) is 106. The number of hydrogen-bond donors (Lipinski definition) is 0. The van der Waals surface area contributed by atoms with Gasteiger partial charge in [0.2, 0.25) is 0 Å². The molecule has 4 aliphatic carbocycles. The molecular weight excluding hydrogens is 975 g/mol. The fourth-order valence-corrected chi connectivity index (χ4v) is 15.5. The minimum atomic E-state index is -0.592. The molecular formula is C80H55N. The fourth-order valence-electron chi connectivity index (χ4n) is 15.5. The molecule has 1 unspecified atom stereocenters. The van der Waals surface area contributed by atoms with Crippen LogP contribution in [0.25, 0.3) is 55.3 Å². The summed E-state index contributed by atoms with van der Waals surface area (Å²) < 4.78 is 0. The Bertz CT molecular complexity index is 4540. The molecule has 0 saturated carbocycles. The quantitative estimate of drug-likeness (QED) is 0.130. The van der Waals surface area contributed by atoms with Gasteiger partial charge in [-0.3, -0.25) is 0 Å². The van der Waals surface area contributed by atoms with Crippen LogP contribution in [-0.2, 0) is 16.2 Å². The summed E-state index contributed by atoms with van der Waals surface area (Å²) in [7, 11) is 0. The predicted molar refractivity (Wildman–Crippen MR) is 337 cm³/mol. The van der Waals surface area contributed by atoms with Gasteiger partial charge in [0.25, 0.3) is 0 Å². The lowest BCUT2D eigenvalue weighted by molar-refractivity contribution is 0.746. The first kappa shape index (κ1) is 47.0. The maximum atomic E-state index is 4.03. The second-order valence-electron chi connectivity index (χ2n) is 22.2. The molecule has 16 rings (SSSR count). The summed E-state index contributed by atoms with van der Waals surface area (Å²) in [5, 5.41) is 2.50. The van der Waals surface area contributed by atoms with Crippen LogP contribution in [0.2, 0.25) is 0 Å². The zero-order valence-electron chi connectivity index (χ0n) is 45.0. The van der Waals surface area contributed by atoms with Gasteiger partial charge >= 0.3 is 0 Å². The Kier molecular flexibility index (Phi) is 10.4. The number of fused-ring (bicyclic) bond motifs is 17. The van der Waals surface area contributed by atoms with Crippen molar-refractivity contribution in [3.63, 3.8) is 0 Å². The molecule has 1 nitrogen and oxygen atoms in total. The molecule has 0 saturated heterocycles. The van der Waals surface area contributed by atoms with Crippen LogP contribution in [0.4, 0.5) is 17.1 Å². The minimum absolute atomic E-state index is 0.538. The van der Waals surface area contributed by atoms with Gasteiger partial charge in [-0.05, 0) is 160 Å². The topological polar surface area (TPSA) is 3.24 Å². The minimum Gasteiger partial charge on any atom is -0.310 e. The molecule has 0 fully saturated rings. The van der Waals surface area contributed by atoms with E-state index in [2.05, 4.69) is 310 Å². The zero-order valence-corrected chi connectivity index (χ0v) is 45.0. The van der Waals surface area contributed by atoms with Crippen LogP contribution in [0, 0.1) is 0 Å². The second-order valence-corrected chi connectivity index (χ2v) is 22.2. The molecule has 1 spiro atoms. The van der Waals surface area contributed by atoms with E-state index in [9.17, 15) is 0 Å². The number of nitrogens with zero attached hydrogens (tertiary/aromatic N) is 1. The molecule has 0 amide bonds. The monoisotopic (exact) mass is 1030 g/mol. The van der Waals surface area contributed by atoms with E-state index in [0.29, 0.717) is 0 Å². The van der Waals surface area contributed by atoms with Crippen molar-refractivity contribution in [2.45, 2.75) is 23.2 Å². The number of hydrogen-bond acceptors (Lipinski definition) is 1. The Morgan fingerprint density at radius 3 is 1.41 bits per heavy atom. The van der Waals surface area contributed by atoms with E-state index in [4.69, 9.17) is 0 Å². The predicted octanol–water partition coefficient (Wildman–Crippen LogP) is 20.0. The van der Waals surface area contributed by atoms with Crippen LogP contribution in [-0.4, -0.2) is 0 Å². The molecule has 4 aliphatic rings. The third-order valence-electron chi connectivity index (χ3n) is 18.6. The maximum Gasteiger partial charge on any atom is 0.0726 e. The largest absolute Gasteiger partial charge is 0.310 e. The summed E-state index contributed by atoms with van der Waals surface area (Å²) in [6.45, 7) is 6.34. The van der Waals surface area contributed by atoms with E-state index in [1.165, 1.54) is 122 Å². The van der Waals surface area contributed by atoms with Crippen LogP contribution in [0.15, 0.2) is 316 Å². The summed E-state index contributed by atoms with van der Waals surface area (Å²) in [5.74, 6) is 0. The number of rotatable bonds is 9. The first-order valence-electron chi connectivity index (χ1n) is 28.4. The van der Waals surface area contributed by atoms with E-state index in [-0.39, 0.29) is 0 Å². The van der Waals surface area contributed by atoms with Gasteiger partial charge in [-0.25, -0.2) is 0 Å². The van der Waals surface area contributed by atoms with Crippen LogP contribution < -0.4 is 4.90 Å². The Labute approximate surface area is 474 Å². The van der Waals surface area contributed by atoms with E-state index >= 15 is 0 Å². The third kappa shape index (κ3) is 6.32. The van der Waals surface area contributed by atoms with Crippen molar-refractivity contribution in [2.24, 2.45) is 0 Å². The van der Waals surface area contributed by atoms with Gasteiger partial charge in [0.15, 0.2) is 0 Å². The average Bonchev–Trinajstić information content (AvgIpc) is 2.36. The lowest BCUT2D eigenvalue weighted by Crippen LogP contribution is -2.29. The van der Waals surface area contributed by atoms with Crippen molar-refractivity contribution in [1.82, 2.24) is 0 Å². The Balaban J connectivity index is 0.974. The molecule has 0 bridgehead atoms. The van der Waals surface area contributed by atoms with Gasteiger partial charge in [-0.2, -0.15) is 0 Å². The van der Waals surface area contributed by atoms with Crippen LogP contribution in [0.1, 0.15) is 68.1 Å². The lowest BCUT2D eigenvalue weighted by Gasteiger charge is -2.36. The van der Waals surface area contributed by atoms with Crippen LogP contribution in [0.3, 0.4) is 0 Å². The van der Waals surface area contributed by atoms with Gasteiger partial charge in [-0.15, -0.1) is 0 Å². The third-order valence-corrected chi connectivity index (χ3v) is 18.6. The Hall–Kier alpha value is -10.1. The van der Waals surface area contributed by atoms with E-state index in [0.717, 1.165) is 17.1 Å². The Morgan fingerprint density at radius 1 is 0.333 bits per heavy atom. The fraction of sp³-hybridized carbons (Fsp3) is 0.0500. The summed E-state index contributed by atoms with van der Waals surface area (Å²) in [4.78, 5) is 2.56. The van der Waals surface area contributed by atoms with Crippen LogP contribution >= 0.6 is 0 Å². The molecule has 0 aliphatic heterocycles. The van der Waals surface area contributed by atoms with Gasteiger partial charge in [-0.1, -0.05) is 273 Å².